The number of sulfonamides is 1. The molecule has 1 amide bonds. The second-order valence-corrected chi connectivity index (χ2v) is 5.88. The molecular formula is C10H10N2O3S. The average molecular weight is 238 g/mol. The van der Waals surface area contributed by atoms with Crippen LogP contribution in [0.4, 0.5) is 5.69 Å². The first kappa shape index (κ1) is 9.65. The third-order valence-electron chi connectivity index (χ3n) is 2.85. The summed E-state index contributed by atoms with van der Waals surface area (Å²) in [6, 6.07) is 4.23. The largest absolute Gasteiger partial charge is 0.399 e. The van der Waals surface area contributed by atoms with Crippen LogP contribution in [-0.4, -0.2) is 24.7 Å². The Balaban J connectivity index is 2.25. The molecule has 1 aliphatic carbocycles. The molecule has 5 nitrogen and oxygen atoms in total. The van der Waals surface area contributed by atoms with Crippen molar-refractivity contribution in [3.63, 3.8) is 0 Å². The molecule has 0 unspecified atom stereocenters. The SMILES string of the molecule is Nc1ccc2c(c1)S(=O)(=O)N(C1CC1)C2=O. The molecule has 3 rings (SSSR count). The van der Waals surface area contributed by atoms with Crippen molar-refractivity contribution in [2.45, 2.75) is 23.8 Å². The standard InChI is InChI=1S/C10H10N2O3S/c11-6-1-4-8-9(5-6)16(14,15)12(10(8)13)7-2-3-7/h1,4-5,7H,2-3,11H2. The Bertz CT molecular complexity index is 590. The van der Waals surface area contributed by atoms with Crippen molar-refractivity contribution >= 4 is 21.6 Å². The van der Waals surface area contributed by atoms with E-state index in [9.17, 15) is 13.2 Å². The zero-order valence-electron chi connectivity index (χ0n) is 8.38. The molecule has 6 heteroatoms. The Morgan fingerprint density at radius 2 is 2.00 bits per heavy atom. The number of nitrogens with zero attached hydrogens (tertiary/aromatic N) is 1. The third-order valence-corrected chi connectivity index (χ3v) is 4.73. The van der Waals surface area contributed by atoms with Crippen LogP contribution in [0.3, 0.4) is 0 Å². The number of anilines is 1. The number of nitrogens with two attached hydrogens (primary N) is 1. The molecule has 0 bridgehead atoms. The van der Waals surface area contributed by atoms with Gasteiger partial charge in [-0.3, -0.25) is 4.79 Å². The van der Waals surface area contributed by atoms with E-state index < -0.39 is 15.9 Å². The van der Waals surface area contributed by atoms with Gasteiger partial charge in [-0.15, -0.1) is 0 Å². The van der Waals surface area contributed by atoms with Gasteiger partial charge in [-0.25, -0.2) is 12.7 Å². The van der Waals surface area contributed by atoms with Crippen molar-refractivity contribution in [3.05, 3.63) is 23.8 Å². The lowest BCUT2D eigenvalue weighted by atomic mass is 10.2. The third kappa shape index (κ3) is 1.10. The van der Waals surface area contributed by atoms with E-state index in [0.717, 1.165) is 17.1 Å². The van der Waals surface area contributed by atoms with Gasteiger partial charge in [-0.05, 0) is 31.0 Å². The van der Waals surface area contributed by atoms with Gasteiger partial charge in [0, 0.05) is 11.7 Å². The fourth-order valence-corrected chi connectivity index (χ4v) is 3.78. The highest BCUT2D eigenvalue weighted by atomic mass is 32.2. The highest BCUT2D eigenvalue weighted by molar-refractivity contribution is 7.90. The number of carbonyl (C=O) groups excluding carboxylic acids is 1. The van der Waals surface area contributed by atoms with Crippen molar-refractivity contribution in [1.29, 1.82) is 0 Å². The molecule has 0 radical (unpaired) electrons. The van der Waals surface area contributed by atoms with Gasteiger partial charge >= 0.3 is 0 Å². The molecule has 1 fully saturated rings. The summed E-state index contributed by atoms with van der Waals surface area (Å²) in [5.41, 5.74) is 6.13. The van der Waals surface area contributed by atoms with Crippen LogP contribution in [0.1, 0.15) is 23.2 Å². The maximum atomic E-state index is 12.1. The zero-order chi connectivity index (χ0) is 11.5. The van der Waals surface area contributed by atoms with E-state index in [0.29, 0.717) is 5.69 Å². The summed E-state index contributed by atoms with van der Waals surface area (Å²) in [5.74, 6) is -0.419. The molecule has 2 N–H and O–H groups in total. The van der Waals surface area contributed by atoms with E-state index in [1.54, 1.807) is 6.07 Å². The summed E-state index contributed by atoms with van der Waals surface area (Å²) < 4.78 is 25.2. The summed E-state index contributed by atoms with van der Waals surface area (Å²) in [6.45, 7) is 0. The van der Waals surface area contributed by atoms with E-state index in [-0.39, 0.29) is 16.5 Å². The second kappa shape index (κ2) is 2.76. The van der Waals surface area contributed by atoms with Crippen LogP contribution >= 0.6 is 0 Å². The predicted octanol–water partition coefficient (Wildman–Crippen LogP) is 0.576. The predicted molar refractivity (Wildman–Crippen MR) is 57.2 cm³/mol. The fraction of sp³-hybridized carbons (Fsp3) is 0.300. The number of hydrogen-bond acceptors (Lipinski definition) is 4. The summed E-state index contributed by atoms with van der Waals surface area (Å²) >= 11 is 0. The molecule has 2 aliphatic rings. The average Bonchev–Trinajstić information content (AvgIpc) is 2.98. The Morgan fingerprint density at radius 3 is 2.62 bits per heavy atom. The molecule has 0 spiro atoms. The number of amides is 1. The Kier molecular flexibility index (Phi) is 1.67. The van der Waals surface area contributed by atoms with Gasteiger partial charge in [-0.2, -0.15) is 0 Å². The summed E-state index contributed by atoms with van der Waals surface area (Å²) in [5, 5.41) is 0. The van der Waals surface area contributed by atoms with Crippen LogP contribution in [0.25, 0.3) is 0 Å². The second-order valence-electron chi connectivity index (χ2n) is 4.09. The number of carbonyl (C=O) groups is 1. The van der Waals surface area contributed by atoms with Crippen molar-refractivity contribution in [2.24, 2.45) is 0 Å². The maximum absolute atomic E-state index is 12.1. The molecule has 1 aromatic carbocycles. The Morgan fingerprint density at radius 1 is 1.31 bits per heavy atom. The molecular weight excluding hydrogens is 228 g/mol. The van der Waals surface area contributed by atoms with E-state index in [4.69, 9.17) is 5.73 Å². The van der Waals surface area contributed by atoms with Crippen LogP contribution in [0.15, 0.2) is 23.1 Å². The minimum absolute atomic E-state index is 0.0457. The normalized spacial score (nSPS) is 22.2. The molecule has 16 heavy (non-hydrogen) atoms. The molecule has 0 aromatic heterocycles. The highest BCUT2D eigenvalue weighted by Gasteiger charge is 2.48. The van der Waals surface area contributed by atoms with Crippen LogP contribution < -0.4 is 5.73 Å². The molecule has 84 valence electrons. The minimum Gasteiger partial charge on any atom is -0.399 e. The summed E-state index contributed by atoms with van der Waals surface area (Å²) in [7, 11) is -3.65. The lowest BCUT2D eigenvalue weighted by Gasteiger charge is -2.12. The lowest BCUT2D eigenvalue weighted by Crippen LogP contribution is -2.31. The van der Waals surface area contributed by atoms with Gasteiger partial charge in [0.25, 0.3) is 15.9 Å². The molecule has 1 aliphatic heterocycles. The Hall–Kier alpha value is -1.56. The molecule has 0 atom stereocenters. The Labute approximate surface area is 92.9 Å². The summed E-state index contributed by atoms with van der Waals surface area (Å²) in [6.07, 6.45) is 1.52. The number of fused-ring (bicyclic) bond motifs is 1. The first-order chi connectivity index (χ1) is 7.51. The number of nitrogen functional groups attached to an aromatic ring is 1. The van der Waals surface area contributed by atoms with E-state index in [1.807, 2.05) is 0 Å². The van der Waals surface area contributed by atoms with Crippen molar-refractivity contribution < 1.29 is 13.2 Å². The topological polar surface area (TPSA) is 80.5 Å². The lowest BCUT2D eigenvalue weighted by molar-refractivity contribution is 0.0865. The van der Waals surface area contributed by atoms with E-state index in [2.05, 4.69) is 0 Å². The van der Waals surface area contributed by atoms with Crippen molar-refractivity contribution in [3.8, 4) is 0 Å². The van der Waals surface area contributed by atoms with Crippen molar-refractivity contribution in [1.82, 2.24) is 4.31 Å². The fourth-order valence-electron chi connectivity index (χ4n) is 1.93. The number of hydrogen-bond donors (Lipinski definition) is 1. The van der Waals surface area contributed by atoms with E-state index >= 15 is 0 Å². The van der Waals surface area contributed by atoms with Gasteiger partial charge in [0.2, 0.25) is 0 Å². The zero-order valence-corrected chi connectivity index (χ0v) is 9.20. The van der Waals surface area contributed by atoms with Crippen LogP contribution in [-0.2, 0) is 10.0 Å². The molecule has 1 aromatic rings. The summed E-state index contributed by atoms with van der Waals surface area (Å²) in [4.78, 5) is 12.0. The van der Waals surface area contributed by atoms with Crippen molar-refractivity contribution in [2.75, 3.05) is 5.73 Å². The first-order valence-electron chi connectivity index (χ1n) is 5.00. The first-order valence-corrected chi connectivity index (χ1v) is 6.44. The minimum atomic E-state index is -3.65. The van der Waals surface area contributed by atoms with Gasteiger partial charge in [0.05, 0.1) is 5.56 Å². The van der Waals surface area contributed by atoms with Crippen LogP contribution in [0, 0.1) is 0 Å². The molecule has 1 saturated carbocycles. The van der Waals surface area contributed by atoms with Gasteiger partial charge in [0.15, 0.2) is 0 Å². The van der Waals surface area contributed by atoms with Gasteiger partial charge < -0.3 is 5.73 Å². The van der Waals surface area contributed by atoms with Gasteiger partial charge in [0.1, 0.15) is 4.90 Å². The maximum Gasteiger partial charge on any atom is 0.269 e. The molecule has 0 saturated heterocycles. The van der Waals surface area contributed by atoms with Gasteiger partial charge in [-0.1, -0.05) is 0 Å². The number of rotatable bonds is 1. The monoisotopic (exact) mass is 238 g/mol. The van der Waals surface area contributed by atoms with Crippen LogP contribution in [0.5, 0.6) is 0 Å². The molecule has 1 heterocycles. The number of benzene rings is 1. The highest BCUT2D eigenvalue weighted by Crippen LogP contribution is 2.39. The van der Waals surface area contributed by atoms with Crippen LogP contribution in [0.2, 0.25) is 0 Å². The quantitative estimate of drug-likeness (QED) is 0.725. The smallest absolute Gasteiger partial charge is 0.269 e. The van der Waals surface area contributed by atoms with E-state index in [1.165, 1.54) is 12.1 Å².